The number of carbonyl (C=O) groups excluding carboxylic acids is 1. The van der Waals surface area contributed by atoms with E-state index in [1.165, 1.54) is 0 Å². The first kappa shape index (κ1) is 12.6. The zero-order valence-electron chi connectivity index (χ0n) is 10.4. The first-order valence-corrected chi connectivity index (χ1v) is 6.05. The van der Waals surface area contributed by atoms with Gasteiger partial charge in [-0.2, -0.15) is 5.10 Å². The first-order valence-electron chi connectivity index (χ1n) is 6.05. The van der Waals surface area contributed by atoms with Crippen molar-refractivity contribution in [2.24, 2.45) is 0 Å². The minimum Gasteiger partial charge on any atom is -0.395 e. The summed E-state index contributed by atoms with van der Waals surface area (Å²) in [5.74, 6) is -0.0274. The Kier molecular flexibility index (Phi) is 3.94. The van der Waals surface area contributed by atoms with E-state index < -0.39 is 0 Å². The lowest BCUT2D eigenvalue weighted by Gasteiger charge is -2.19. The number of aliphatic hydroxyl groups excluding tert-OH is 1. The Balaban J connectivity index is 2.16. The Morgan fingerprint density at radius 1 is 1.44 bits per heavy atom. The van der Waals surface area contributed by atoms with Crippen molar-refractivity contribution in [1.82, 2.24) is 14.7 Å². The zero-order chi connectivity index (χ0) is 13.0. The average molecular weight is 247 g/mol. The highest BCUT2D eigenvalue weighted by Gasteiger charge is 2.13. The summed E-state index contributed by atoms with van der Waals surface area (Å²) >= 11 is 0. The number of aromatic nitrogens is 2. The van der Waals surface area contributed by atoms with Gasteiger partial charge in [-0.3, -0.25) is 9.48 Å². The summed E-state index contributed by atoms with van der Waals surface area (Å²) in [6.45, 7) is 3.06. The van der Waals surface area contributed by atoms with Gasteiger partial charge in [-0.1, -0.05) is 18.2 Å². The molecule has 0 aliphatic carbocycles. The summed E-state index contributed by atoms with van der Waals surface area (Å²) in [4.78, 5) is 13.7. The van der Waals surface area contributed by atoms with Crippen molar-refractivity contribution < 1.29 is 9.90 Å². The lowest BCUT2D eigenvalue weighted by molar-refractivity contribution is -0.132. The van der Waals surface area contributed by atoms with E-state index in [-0.39, 0.29) is 19.1 Å². The molecule has 1 aromatic heterocycles. The number of nitrogens with zero attached hydrogens (tertiary/aromatic N) is 3. The molecule has 18 heavy (non-hydrogen) atoms. The first-order chi connectivity index (χ1) is 8.76. The molecule has 0 aliphatic heterocycles. The molecule has 0 fully saturated rings. The highest BCUT2D eigenvalue weighted by molar-refractivity contribution is 5.82. The van der Waals surface area contributed by atoms with Crippen molar-refractivity contribution in [3.8, 4) is 0 Å². The van der Waals surface area contributed by atoms with E-state index in [4.69, 9.17) is 5.11 Å². The Morgan fingerprint density at radius 3 is 2.94 bits per heavy atom. The van der Waals surface area contributed by atoms with Gasteiger partial charge in [0.2, 0.25) is 5.91 Å². The van der Waals surface area contributed by atoms with Crippen LogP contribution in [0.15, 0.2) is 30.5 Å². The molecule has 5 heteroatoms. The summed E-state index contributed by atoms with van der Waals surface area (Å²) in [6, 6.07) is 7.78. The van der Waals surface area contributed by atoms with Crippen LogP contribution in [0.3, 0.4) is 0 Å². The Labute approximate surface area is 106 Å². The second-order valence-corrected chi connectivity index (χ2v) is 4.06. The molecular formula is C13H17N3O2. The molecule has 1 amide bonds. The molecule has 5 nitrogen and oxygen atoms in total. The van der Waals surface area contributed by atoms with Crippen molar-refractivity contribution in [3.63, 3.8) is 0 Å². The SMILES string of the molecule is CCN(CCO)C(=O)Cn1ncc2ccccc21. The van der Waals surface area contributed by atoms with Gasteiger partial charge in [-0.15, -0.1) is 0 Å². The average Bonchev–Trinajstić information content (AvgIpc) is 2.79. The third-order valence-corrected chi connectivity index (χ3v) is 2.94. The predicted molar refractivity (Wildman–Crippen MR) is 69.1 cm³/mol. The van der Waals surface area contributed by atoms with E-state index in [0.29, 0.717) is 13.1 Å². The van der Waals surface area contributed by atoms with E-state index in [1.807, 2.05) is 31.2 Å². The predicted octanol–water partition coefficient (Wildman–Crippen LogP) is 0.877. The van der Waals surface area contributed by atoms with Gasteiger partial charge in [0.25, 0.3) is 0 Å². The number of rotatable bonds is 5. The molecule has 0 bridgehead atoms. The fourth-order valence-electron chi connectivity index (χ4n) is 1.96. The van der Waals surface area contributed by atoms with Gasteiger partial charge in [0.1, 0.15) is 6.54 Å². The third-order valence-electron chi connectivity index (χ3n) is 2.94. The molecule has 0 radical (unpaired) electrons. The van der Waals surface area contributed by atoms with Gasteiger partial charge < -0.3 is 10.0 Å². The maximum atomic E-state index is 12.0. The number of likely N-dealkylation sites (N-methyl/N-ethyl adjacent to an activating group) is 1. The maximum Gasteiger partial charge on any atom is 0.244 e. The number of hydrogen-bond donors (Lipinski definition) is 1. The molecule has 1 aromatic carbocycles. The van der Waals surface area contributed by atoms with Crippen molar-refractivity contribution in [1.29, 1.82) is 0 Å². The van der Waals surface area contributed by atoms with Gasteiger partial charge >= 0.3 is 0 Å². The van der Waals surface area contributed by atoms with Crippen molar-refractivity contribution >= 4 is 16.8 Å². The topological polar surface area (TPSA) is 58.4 Å². The van der Waals surface area contributed by atoms with E-state index in [9.17, 15) is 4.79 Å². The Morgan fingerprint density at radius 2 is 2.22 bits per heavy atom. The normalized spacial score (nSPS) is 10.8. The Hall–Kier alpha value is -1.88. The van der Waals surface area contributed by atoms with Crippen LogP contribution in [0.25, 0.3) is 10.9 Å². The molecule has 1 N–H and O–H groups in total. The highest BCUT2D eigenvalue weighted by atomic mass is 16.3. The molecule has 96 valence electrons. The van der Waals surface area contributed by atoms with Crippen molar-refractivity contribution in [2.75, 3.05) is 19.7 Å². The molecule has 2 rings (SSSR count). The monoisotopic (exact) mass is 247 g/mol. The molecule has 0 aliphatic rings. The van der Waals surface area contributed by atoms with Crippen LogP contribution in [0.4, 0.5) is 0 Å². The highest BCUT2D eigenvalue weighted by Crippen LogP contribution is 2.12. The van der Waals surface area contributed by atoms with Gasteiger partial charge in [0, 0.05) is 18.5 Å². The molecule has 2 aromatic rings. The number of hydrogen-bond acceptors (Lipinski definition) is 3. The number of benzene rings is 1. The Bertz CT molecular complexity index is 536. The number of aliphatic hydroxyl groups is 1. The maximum absolute atomic E-state index is 12.0. The quantitative estimate of drug-likeness (QED) is 0.853. The summed E-state index contributed by atoms with van der Waals surface area (Å²) in [6.07, 6.45) is 1.75. The molecule has 1 heterocycles. The summed E-state index contributed by atoms with van der Waals surface area (Å²) < 4.78 is 1.69. The number of carbonyl (C=O) groups is 1. The van der Waals surface area contributed by atoms with E-state index >= 15 is 0 Å². The third kappa shape index (κ3) is 2.51. The zero-order valence-corrected chi connectivity index (χ0v) is 10.4. The van der Waals surface area contributed by atoms with Gasteiger partial charge in [0.05, 0.1) is 18.3 Å². The summed E-state index contributed by atoms with van der Waals surface area (Å²) in [7, 11) is 0. The molecule has 0 spiro atoms. The second kappa shape index (κ2) is 5.64. The second-order valence-electron chi connectivity index (χ2n) is 4.06. The van der Waals surface area contributed by atoms with Gasteiger partial charge in [0.15, 0.2) is 0 Å². The standard InChI is InChI=1S/C13H17N3O2/c1-2-15(7-8-17)13(18)10-16-12-6-4-3-5-11(12)9-14-16/h3-6,9,17H,2,7-8,10H2,1H3. The molecule has 0 unspecified atom stereocenters. The van der Waals surface area contributed by atoms with Crippen LogP contribution in [0.1, 0.15) is 6.92 Å². The van der Waals surface area contributed by atoms with E-state index in [2.05, 4.69) is 5.10 Å². The van der Waals surface area contributed by atoms with E-state index in [1.54, 1.807) is 15.8 Å². The van der Waals surface area contributed by atoms with Gasteiger partial charge in [-0.25, -0.2) is 0 Å². The van der Waals surface area contributed by atoms with E-state index in [0.717, 1.165) is 10.9 Å². The number of amides is 1. The molecule has 0 atom stereocenters. The minimum absolute atomic E-state index is 0.0144. The van der Waals surface area contributed by atoms with Crippen molar-refractivity contribution in [3.05, 3.63) is 30.5 Å². The summed E-state index contributed by atoms with van der Waals surface area (Å²) in [5.41, 5.74) is 0.950. The lowest BCUT2D eigenvalue weighted by atomic mass is 10.2. The smallest absolute Gasteiger partial charge is 0.244 e. The fourth-order valence-corrected chi connectivity index (χ4v) is 1.96. The van der Waals surface area contributed by atoms with Gasteiger partial charge in [-0.05, 0) is 13.0 Å². The number of fused-ring (bicyclic) bond motifs is 1. The lowest BCUT2D eigenvalue weighted by Crippen LogP contribution is -2.36. The largest absolute Gasteiger partial charge is 0.395 e. The summed E-state index contributed by atoms with van der Waals surface area (Å²) in [5, 5.41) is 14.1. The van der Waals surface area contributed by atoms with Crippen LogP contribution in [-0.4, -0.2) is 45.4 Å². The van der Waals surface area contributed by atoms with Crippen LogP contribution in [0, 0.1) is 0 Å². The van der Waals surface area contributed by atoms with Crippen LogP contribution >= 0.6 is 0 Å². The molecule has 0 saturated heterocycles. The van der Waals surface area contributed by atoms with Crippen LogP contribution in [-0.2, 0) is 11.3 Å². The van der Waals surface area contributed by atoms with Crippen LogP contribution < -0.4 is 0 Å². The molecular weight excluding hydrogens is 230 g/mol. The van der Waals surface area contributed by atoms with Crippen molar-refractivity contribution in [2.45, 2.75) is 13.5 Å². The minimum atomic E-state index is -0.0274. The molecule has 0 saturated carbocycles. The number of para-hydroxylation sites is 1. The van der Waals surface area contributed by atoms with Crippen LogP contribution in [0.2, 0.25) is 0 Å². The fraction of sp³-hybridized carbons (Fsp3) is 0.385. The van der Waals surface area contributed by atoms with Crippen LogP contribution in [0.5, 0.6) is 0 Å².